The Morgan fingerprint density at radius 3 is 2.58 bits per heavy atom. The molecule has 2 unspecified atom stereocenters. The number of nitrogens with two attached hydrogens (primary N) is 1. The average Bonchev–Trinajstić information content (AvgIpc) is 2.36. The first-order valence-electron chi connectivity index (χ1n) is 6.74. The topological polar surface area (TPSA) is 72.2 Å². The molecule has 19 heavy (non-hydrogen) atoms. The van der Waals surface area contributed by atoms with E-state index in [0.717, 1.165) is 24.8 Å². The van der Waals surface area contributed by atoms with Crippen LogP contribution in [0, 0.1) is 0 Å². The van der Waals surface area contributed by atoms with Crippen LogP contribution in [0.4, 0.5) is 0 Å². The number of unbranched alkanes of at least 4 members (excludes halogenated alkanes) is 1. The normalized spacial score (nSPS) is 15.2. The molecule has 4 nitrogen and oxygen atoms in total. The molecule has 1 rings (SSSR count). The molecule has 108 valence electrons. The van der Waals surface area contributed by atoms with Crippen molar-refractivity contribution in [1.29, 1.82) is 0 Å². The van der Waals surface area contributed by atoms with E-state index in [-0.39, 0.29) is 17.0 Å². The second-order valence-corrected chi connectivity index (χ2v) is 6.74. The zero-order chi connectivity index (χ0) is 14.5. The van der Waals surface area contributed by atoms with Crippen molar-refractivity contribution >= 4 is 10.0 Å². The van der Waals surface area contributed by atoms with Crippen molar-refractivity contribution in [1.82, 2.24) is 4.72 Å². The second-order valence-electron chi connectivity index (χ2n) is 5.03. The summed E-state index contributed by atoms with van der Waals surface area (Å²) in [6.45, 7) is 5.82. The van der Waals surface area contributed by atoms with Crippen molar-refractivity contribution in [3.63, 3.8) is 0 Å². The summed E-state index contributed by atoms with van der Waals surface area (Å²) in [7, 11) is -3.45. The third-order valence-electron chi connectivity index (χ3n) is 3.04. The first-order valence-corrected chi connectivity index (χ1v) is 8.23. The van der Waals surface area contributed by atoms with Gasteiger partial charge in [0.2, 0.25) is 10.0 Å². The van der Waals surface area contributed by atoms with Gasteiger partial charge in [-0.1, -0.05) is 31.9 Å². The molecule has 3 N–H and O–H groups in total. The number of benzene rings is 1. The molecule has 0 aromatic heterocycles. The molecule has 0 bridgehead atoms. The number of hydrogen-bond donors (Lipinski definition) is 2. The Kier molecular flexibility index (Phi) is 5.97. The van der Waals surface area contributed by atoms with Crippen LogP contribution in [0.2, 0.25) is 0 Å². The lowest BCUT2D eigenvalue weighted by Crippen LogP contribution is -2.32. The van der Waals surface area contributed by atoms with Crippen molar-refractivity contribution in [3.8, 4) is 0 Å². The summed E-state index contributed by atoms with van der Waals surface area (Å²) in [5.41, 5.74) is 6.60. The molecule has 1 aromatic carbocycles. The molecule has 0 aliphatic heterocycles. The highest BCUT2D eigenvalue weighted by Gasteiger charge is 2.17. The van der Waals surface area contributed by atoms with E-state index in [9.17, 15) is 8.42 Å². The fourth-order valence-electron chi connectivity index (χ4n) is 1.87. The smallest absolute Gasteiger partial charge is 0.240 e. The van der Waals surface area contributed by atoms with Gasteiger partial charge in [0.15, 0.2) is 0 Å². The highest BCUT2D eigenvalue weighted by molar-refractivity contribution is 7.89. The lowest BCUT2D eigenvalue weighted by molar-refractivity contribution is 0.534. The van der Waals surface area contributed by atoms with Crippen LogP contribution in [0.1, 0.15) is 51.6 Å². The van der Waals surface area contributed by atoms with Crippen LogP contribution in [0.3, 0.4) is 0 Å². The fraction of sp³-hybridized carbons (Fsp3) is 0.571. The van der Waals surface area contributed by atoms with E-state index in [2.05, 4.69) is 11.6 Å². The van der Waals surface area contributed by atoms with Crippen LogP contribution in [0.25, 0.3) is 0 Å². The van der Waals surface area contributed by atoms with Gasteiger partial charge in [0.05, 0.1) is 4.90 Å². The quantitative estimate of drug-likeness (QED) is 0.808. The van der Waals surface area contributed by atoms with Crippen LogP contribution in [0.5, 0.6) is 0 Å². The molecule has 0 radical (unpaired) electrons. The van der Waals surface area contributed by atoms with Gasteiger partial charge in [-0.15, -0.1) is 0 Å². The largest absolute Gasteiger partial charge is 0.324 e. The average molecular weight is 284 g/mol. The van der Waals surface area contributed by atoms with E-state index in [1.165, 1.54) is 0 Å². The summed E-state index contributed by atoms with van der Waals surface area (Å²) in [5, 5.41) is 0. The predicted molar refractivity (Wildman–Crippen MR) is 78.4 cm³/mol. The van der Waals surface area contributed by atoms with Crippen LogP contribution >= 0.6 is 0 Å². The summed E-state index contributed by atoms with van der Waals surface area (Å²) in [4.78, 5) is 0.283. The Bertz CT molecular complexity index is 498. The molecule has 0 aliphatic carbocycles. The predicted octanol–water partition coefficient (Wildman–Crippen LogP) is 2.56. The van der Waals surface area contributed by atoms with E-state index in [4.69, 9.17) is 5.73 Å². The third-order valence-corrected chi connectivity index (χ3v) is 4.63. The van der Waals surface area contributed by atoms with Crippen LogP contribution in [-0.4, -0.2) is 14.5 Å². The Morgan fingerprint density at radius 1 is 1.32 bits per heavy atom. The molecule has 2 atom stereocenters. The SMILES string of the molecule is CCCCC(C)NS(=O)(=O)c1cccc(C(C)N)c1. The minimum absolute atomic E-state index is 0.0519. The van der Waals surface area contributed by atoms with E-state index < -0.39 is 10.0 Å². The maximum absolute atomic E-state index is 12.2. The summed E-state index contributed by atoms with van der Waals surface area (Å²) in [6.07, 6.45) is 2.93. The van der Waals surface area contributed by atoms with E-state index in [1.54, 1.807) is 18.2 Å². The Hall–Kier alpha value is -0.910. The fourth-order valence-corrected chi connectivity index (χ4v) is 3.20. The summed E-state index contributed by atoms with van der Waals surface area (Å²) < 4.78 is 27.2. The van der Waals surface area contributed by atoms with Gasteiger partial charge in [0.1, 0.15) is 0 Å². The minimum Gasteiger partial charge on any atom is -0.324 e. The lowest BCUT2D eigenvalue weighted by atomic mass is 10.1. The van der Waals surface area contributed by atoms with Gasteiger partial charge >= 0.3 is 0 Å². The van der Waals surface area contributed by atoms with Crippen molar-refractivity contribution in [3.05, 3.63) is 29.8 Å². The summed E-state index contributed by atoms with van der Waals surface area (Å²) in [6, 6.07) is 6.57. The van der Waals surface area contributed by atoms with Crippen LogP contribution in [0.15, 0.2) is 29.2 Å². The third kappa shape index (κ3) is 4.93. The molecule has 0 aliphatic rings. The molecule has 0 spiro atoms. The van der Waals surface area contributed by atoms with Crippen molar-refractivity contribution in [2.45, 2.75) is 57.0 Å². The Labute approximate surface area is 116 Å². The molecule has 1 aromatic rings. The molecular formula is C14H24N2O2S. The first-order chi connectivity index (χ1) is 8.86. The Morgan fingerprint density at radius 2 is 2.00 bits per heavy atom. The second kappa shape index (κ2) is 7.03. The number of nitrogens with one attached hydrogen (secondary N) is 1. The maximum atomic E-state index is 12.2. The maximum Gasteiger partial charge on any atom is 0.240 e. The van der Waals surface area contributed by atoms with Crippen molar-refractivity contribution < 1.29 is 8.42 Å². The van der Waals surface area contributed by atoms with E-state index >= 15 is 0 Å². The highest BCUT2D eigenvalue weighted by atomic mass is 32.2. The minimum atomic E-state index is -3.45. The molecular weight excluding hydrogens is 260 g/mol. The van der Waals surface area contributed by atoms with Gasteiger partial charge in [-0.25, -0.2) is 13.1 Å². The molecule has 0 amide bonds. The van der Waals surface area contributed by atoms with Gasteiger partial charge in [-0.2, -0.15) is 0 Å². The zero-order valence-corrected chi connectivity index (χ0v) is 12.7. The van der Waals surface area contributed by atoms with Crippen LogP contribution in [-0.2, 0) is 10.0 Å². The van der Waals surface area contributed by atoms with Gasteiger partial charge in [-0.05, 0) is 38.0 Å². The lowest BCUT2D eigenvalue weighted by Gasteiger charge is -2.15. The van der Waals surface area contributed by atoms with Crippen molar-refractivity contribution in [2.75, 3.05) is 0 Å². The van der Waals surface area contributed by atoms with Gasteiger partial charge in [0.25, 0.3) is 0 Å². The van der Waals surface area contributed by atoms with E-state index in [1.807, 2.05) is 19.9 Å². The summed E-state index contributed by atoms with van der Waals surface area (Å²) >= 11 is 0. The van der Waals surface area contributed by atoms with E-state index in [0.29, 0.717) is 0 Å². The monoisotopic (exact) mass is 284 g/mol. The van der Waals surface area contributed by atoms with Gasteiger partial charge in [0, 0.05) is 12.1 Å². The molecule has 0 saturated heterocycles. The Balaban J connectivity index is 2.85. The highest BCUT2D eigenvalue weighted by Crippen LogP contribution is 2.16. The number of hydrogen-bond acceptors (Lipinski definition) is 3. The number of rotatable bonds is 7. The summed E-state index contributed by atoms with van der Waals surface area (Å²) in [5.74, 6) is 0. The van der Waals surface area contributed by atoms with Crippen molar-refractivity contribution in [2.24, 2.45) is 5.73 Å². The van der Waals surface area contributed by atoms with Crippen LogP contribution < -0.4 is 10.5 Å². The molecule has 5 heteroatoms. The molecule has 0 saturated carbocycles. The standard InChI is InChI=1S/C14H24N2O2S/c1-4-5-7-11(2)16-19(17,18)14-9-6-8-13(10-14)12(3)15/h6,8-12,16H,4-5,7,15H2,1-3H3. The zero-order valence-electron chi connectivity index (χ0n) is 11.9. The number of sulfonamides is 1. The van der Waals surface area contributed by atoms with Gasteiger partial charge in [-0.3, -0.25) is 0 Å². The van der Waals surface area contributed by atoms with Gasteiger partial charge < -0.3 is 5.73 Å². The first kappa shape index (κ1) is 16.1. The molecule has 0 fully saturated rings. The molecule has 0 heterocycles.